The van der Waals surface area contributed by atoms with Gasteiger partial charge in [0.2, 0.25) is 0 Å². The van der Waals surface area contributed by atoms with E-state index in [0.717, 1.165) is 11.3 Å². The molecule has 0 amide bonds. The molecular weight excluding hydrogens is 252 g/mol. The maximum atomic E-state index is 10.0. The molecule has 0 fully saturated rings. The number of nitrogens with zero attached hydrogens (tertiary/aromatic N) is 1. The zero-order valence-electron chi connectivity index (χ0n) is 11.0. The van der Waals surface area contributed by atoms with E-state index in [1.165, 1.54) is 0 Å². The van der Waals surface area contributed by atoms with Crippen LogP contribution in [-0.2, 0) is 0 Å². The molecule has 4 heteroatoms. The molecule has 0 saturated heterocycles. The molecule has 0 aliphatic heterocycles. The fourth-order valence-electron chi connectivity index (χ4n) is 2.06. The Bertz CT molecular complexity index is 720. The Kier molecular flexibility index (Phi) is 3.13. The van der Waals surface area contributed by atoms with Gasteiger partial charge in [0.1, 0.15) is 17.3 Å². The van der Waals surface area contributed by atoms with Crippen molar-refractivity contribution in [3.05, 3.63) is 54.7 Å². The standard InChI is InChI=1S/C16H14N2O2/c1-20-12-7-8-13(15(19)9-12)16-17-10-14(18-16)11-5-3-2-4-6-11/h2-10,19H,1H3,(H,17,18). The van der Waals surface area contributed by atoms with Gasteiger partial charge in [-0.05, 0) is 17.7 Å². The number of hydrogen-bond donors (Lipinski definition) is 2. The number of hydrogen-bond acceptors (Lipinski definition) is 3. The predicted octanol–water partition coefficient (Wildman–Crippen LogP) is 3.46. The number of rotatable bonds is 3. The smallest absolute Gasteiger partial charge is 0.141 e. The number of benzene rings is 2. The lowest BCUT2D eigenvalue weighted by Gasteiger charge is -2.04. The minimum atomic E-state index is 0.137. The second-order valence-electron chi connectivity index (χ2n) is 4.39. The zero-order valence-corrected chi connectivity index (χ0v) is 11.0. The first kappa shape index (κ1) is 12.3. The van der Waals surface area contributed by atoms with Crippen molar-refractivity contribution in [1.29, 1.82) is 0 Å². The van der Waals surface area contributed by atoms with Crippen molar-refractivity contribution in [3.8, 4) is 34.1 Å². The molecule has 20 heavy (non-hydrogen) atoms. The number of nitrogens with one attached hydrogen (secondary N) is 1. The molecule has 0 aliphatic rings. The molecule has 1 aromatic heterocycles. The highest BCUT2D eigenvalue weighted by molar-refractivity contribution is 5.69. The first-order chi connectivity index (χ1) is 9.78. The number of phenolic OH excluding ortho intramolecular Hbond substituents is 1. The van der Waals surface area contributed by atoms with Crippen molar-refractivity contribution < 1.29 is 9.84 Å². The Balaban J connectivity index is 1.98. The van der Waals surface area contributed by atoms with Crippen molar-refractivity contribution >= 4 is 0 Å². The van der Waals surface area contributed by atoms with Crippen molar-refractivity contribution in [2.45, 2.75) is 0 Å². The monoisotopic (exact) mass is 266 g/mol. The van der Waals surface area contributed by atoms with Crippen molar-refractivity contribution in [2.24, 2.45) is 0 Å². The van der Waals surface area contributed by atoms with Crippen LogP contribution >= 0.6 is 0 Å². The van der Waals surface area contributed by atoms with E-state index in [1.807, 2.05) is 30.3 Å². The zero-order chi connectivity index (χ0) is 13.9. The van der Waals surface area contributed by atoms with Crippen LogP contribution in [0.25, 0.3) is 22.6 Å². The predicted molar refractivity (Wildman–Crippen MR) is 77.7 cm³/mol. The highest BCUT2D eigenvalue weighted by atomic mass is 16.5. The quantitative estimate of drug-likeness (QED) is 0.763. The highest BCUT2D eigenvalue weighted by Gasteiger charge is 2.10. The number of aromatic hydroxyl groups is 1. The fraction of sp³-hybridized carbons (Fsp3) is 0.0625. The maximum absolute atomic E-state index is 10.0. The molecule has 3 aromatic rings. The van der Waals surface area contributed by atoms with Gasteiger partial charge in [-0.15, -0.1) is 0 Å². The number of ether oxygens (including phenoxy) is 1. The molecule has 0 saturated carbocycles. The van der Waals surface area contributed by atoms with Crippen LogP contribution in [0.1, 0.15) is 0 Å². The lowest BCUT2D eigenvalue weighted by Crippen LogP contribution is -1.86. The second-order valence-corrected chi connectivity index (χ2v) is 4.39. The molecule has 100 valence electrons. The topological polar surface area (TPSA) is 58.1 Å². The van der Waals surface area contributed by atoms with Crippen LogP contribution in [0.2, 0.25) is 0 Å². The largest absolute Gasteiger partial charge is 0.507 e. The third kappa shape index (κ3) is 2.23. The van der Waals surface area contributed by atoms with Gasteiger partial charge >= 0.3 is 0 Å². The van der Waals surface area contributed by atoms with Crippen molar-refractivity contribution in [1.82, 2.24) is 9.97 Å². The van der Waals surface area contributed by atoms with E-state index in [0.29, 0.717) is 17.1 Å². The lowest BCUT2D eigenvalue weighted by atomic mass is 10.1. The van der Waals surface area contributed by atoms with E-state index in [4.69, 9.17) is 4.74 Å². The summed E-state index contributed by atoms with van der Waals surface area (Å²) in [5, 5.41) is 10.0. The van der Waals surface area contributed by atoms with Gasteiger partial charge in [-0.2, -0.15) is 0 Å². The van der Waals surface area contributed by atoms with Crippen LogP contribution in [-0.4, -0.2) is 22.2 Å². The molecule has 0 spiro atoms. The summed E-state index contributed by atoms with van der Waals surface area (Å²) in [6.45, 7) is 0. The summed E-state index contributed by atoms with van der Waals surface area (Å²) < 4.78 is 5.07. The summed E-state index contributed by atoms with van der Waals surface area (Å²) in [5.74, 6) is 1.38. The van der Waals surface area contributed by atoms with Crippen LogP contribution < -0.4 is 4.74 Å². The van der Waals surface area contributed by atoms with Crippen molar-refractivity contribution in [2.75, 3.05) is 7.11 Å². The summed E-state index contributed by atoms with van der Waals surface area (Å²) in [6, 6.07) is 15.1. The fourth-order valence-corrected chi connectivity index (χ4v) is 2.06. The van der Waals surface area contributed by atoms with E-state index in [-0.39, 0.29) is 5.75 Å². The third-order valence-electron chi connectivity index (χ3n) is 3.12. The molecule has 4 nitrogen and oxygen atoms in total. The van der Waals surface area contributed by atoms with Gasteiger partial charge < -0.3 is 14.8 Å². The van der Waals surface area contributed by atoms with Gasteiger partial charge in [-0.25, -0.2) is 4.98 Å². The minimum Gasteiger partial charge on any atom is -0.507 e. The third-order valence-corrected chi connectivity index (χ3v) is 3.12. The highest BCUT2D eigenvalue weighted by Crippen LogP contribution is 2.31. The molecule has 3 rings (SSSR count). The molecular formula is C16H14N2O2. The Labute approximate surface area is 116 Å². The maximum Gasteiger partial charge on any atom is 0.141 e. The van der Waals surface area contributed by atoms with E-state index >= 15 is 0 Å². The van der Waals surface area contributed by atoms with Crippen LogP contribution in [0.4, 0.5) is 0 Å². The van der Waals surface area contributed by atoms with Gasteiger partial charge in [0, 0.05) is 6.07 Å². The van der Waals surface area contributed by atoms with Gasteiger partial charge in [-0.3, -0.25) is 0 Å². The SMILES string of the molecule is COc1ccc(-c2ncc(-c3ccccc3)[nH]2)c(O)c1. The number of imidazole rings is 1. The normalized spacial score (nSPS) is 10.4. The van der Waals surface area contributed by atoms with Gasteiger partial charge in [0.25, 0.3) is 0 Å². The molecule has 0 aliphatic carbocycles. The molecule has 0 radical (unpaired) electrons. The van der Waals surface area contributed by atoms with Crippen LogP contribution in [0, 0.1) is 0 Å². The molecule has 0 unspecified atom stereocenters. The van der Waals surface area contributed by atoms with E-state index in [2.05, 4.69) is 9.97 Å². The van der Waals surface area contributed by atoms with E-state index < -0.39 is 0 Å². The molecule has 2 aromatic carbocycles. The first-order valence-electron chi connectivity index (χ1n) is 6.26. The summed E-state index contributed by atoms with van der Waals surface area (Å²) in [6.07, 6.45) is 1.76. The molecule has 2 N–H and O–H groups in total. The van der Waals surface area contributed by atoms with Gasteiger partial charge in [0.05, 0.1) is 24.6 Å². The Hall–Kier alpha value is -2.75. The number of aromatic amines is 1. The minimum absolute atomic E-state index is 0.137. The van der Waals surface area contributed by atoms with Crippen molar-refractivity contribution in [3.63, 3.8) is 0 Å². The average Bonchev–Trinajstić information content (AvgIpc) is 2.97. The van der Waals surface area contributed by atoms with Crippen LogP contribution in [0.3, 0.4) is 0 Å². The van der Waals surface area contributed by atoms with Gasteiger partial charge in [-0.1, -0.05) is 30.3 Å². The Morgan fingerprint density at radius 3 is 2.60 bits per heavy atom. The first-order valence-corrected chi connectivity index (χ1v) is 6.26. The lowest BCUT2D eigenvalue weighted by molar-refractivity contribution is 0.408. The number of aromatic nitrogens is 2. The van der Waals surface area contributed by atoms with Crippen LogP contribution in [0.5, 0.6) is 11.5 Å². The Morgan fingerprint density at radius 1 is 1.10 bits per heavy atom. The van der Waals surface area contributed by atoms with E-state index in [1.54, 1.807) is 31.5 Å². The van der Waals surface area contributed by atoms with Gasteiger partial charge in [0.15, 0.2) is 0 Å². The van der Waals surface area contributed by atoms with E-state index in [9.17, 15) is 5.11 Å². The summed E-state index contributed by atoms with van der Waals surface area (Å²) >= 11 is 0. The number of phenols is 1. The Morgan fingerprint density at radius 2 is 1.90 bits per heavy atom. The summed E-state index contributed by atoms with van der Waals surface area (Å²) in [7, 11) is 1.56. The number of methoxy groups -OCH3 is 1. The second kappa shape index (κ2) is 5.09. The summed E-state index contributed by atoms with van der Waals surface area (Å²) in [5.41, 5.74) is 2.61. The van der Waals surface area contributed by atoms with Crippen LogP contribution in [0.15, 0.2) is 54.7 Å². The molecule has 0 atom stereocenters. The molecule has 1 heterocycles. The average molecular weight is 266 g/mol. The molecule has 0 bridgehead atoms. The number of H-pyrrole nitrogens is 1. The summed E-state index contributed by atoms with van der Waals surface area (Å²) in [4.78, 5) is 7.53.